The maximum Gasteiger partial charge on any atom is 0.417 e. The van der Waals surface area contributed by atoms with Crippen molar-refractivity contribution in [1.29, 1.82) is 0 Å². The number of halogens is 3. The number of aromatic nitrogens is 2. The number of hydrogen-bond donors (Lipinski definition) is 0. The first-order valence-corrected chi connectivity index (χ1v) is 8.83. The van der Waals surface area contributed by atoms with Crippen LogP contribution in [0.4, 0.5) is 19.0 Å². The molecule has 2 aromatic heterocycles. The lowest BCUT2D eigenvalue weighted by Gasteiger charge is -2.35. The maximum absolute atomic E-state index is 12.6. The summed E-state index contributed by atoms with van der Waals surface area (Å²) in [5.74, 6) is 0.676. The van der Waals surface area contributed by atoms with Crippen molar-refractivity contribution in [2.75, 3.05) is 31.1 Å². The molecule has 1 saturated heterocycles. The number of piperazine rings is 1. The molecule has 0 bridgehead atoms. The van der Waals surface area contributed by atoms with Crippen LogP contribution in [0.25, 0.3) is 0 Å². The molecule has 6 nitrogen and oxygen atoms in total. The van der Waals surface area contributed by atoms with Crippen molar-refractivity contribution in [3.8, 4) is 0 Å². The Labute approximate surface area is 154 Å². The fourth-order valence-electron chi connectivity index (χ4n) is 2.87. The summed E-state index contributed by atoms with van der Waals surface area (Å²) in [6.45, 7) is 5.88. The Morgan fingerprint density at radius 1 is 1.26 bits per heavy atom. The van der Waals surface area contributed by atoms with Crippen LogP contribution in [0.15, 0.2) is 28.9 Å². The van der Waals surface area contributed by atoms with Crippen LogP contribution in [-0.4, -0.2) is 47.1 Å². The topological polar surface area (TPSA) is 62.5 Å². The highest BCUT2D eigenvalue weighted by atomic mass is 19.4. The monoisotopic (exact) mass is 382 g/mol. The minimum Gasteiger partial charge on any atom is -0.353 e. The van der Waals surface area contributed by atoms with Crippen LogP contribution in [0.5, 0.6) is 0 Å². The third kappa shape index (κ3) is 4.23. The predicted molar refractivity (Wildman–Crippen MR) is 92.6 cm³/mol. The number of alkyl halides is 3. The number of rotatable bonds is 4. The third-order valence-electron chi connectivity index (χ3n) is 4.82. The van der Waals surface area contributed by atoms with Gasteiger partial charge in [-0.05, 0) is 18.6 Å². The normalized spacial score (nSPS) is 16.5. The molecule has 1 aliphatic heterocycles. The minimum absolute atomic E-state index is 0.214. The number of carbonyl (C=O) groups excluding carboxylic acids is 1. The Balaban J connectivity index is 1.60. The van der Waals surface area contributed by atoms with E-state index in [0.29, 0.717) is 32.0 Å². The number of hydrogen-bond acceptors (Lipinski definition) is 5. The van der Waals surface area contributed by atoms with Gasteiger partial charge in [-0.2, -0.15) is 13.2 Å². The smallest absolute Gasteiger partial charge is 0.353 e. The number of pyridine rings is 1. The zero-order valence-corrected chi connectivity index (χ0v) is 15.2. The van der Waals surface area contributed by atoms with Gasteiger partial charge in [-0.3, -0.25) is 4.79 Å². The van der Waals surface area contributed by atoms with E-state index >= 15 is 0 Å². The van der Waals surface area contributed by atoms with Gasteiger partial charge >= 0.3 is 6.18 Å². The van der Waals surface area contributed by atoms with Crippen LogP contribution in [0.1, 0.15) is 48.0 Å². The van der Waals surface area contributed by atoms with Crippen molar-refractivity contribution >= 4 is 11.7 Å². The summed E-state index contributed by atoms with van der Waals surface area (Å²) >= 11 is 0. The second-order valence-electron chi connectivity index (χ2n) is 6.61. The summed E-state index contributed by atoms with van der Waals surface area (Å²) < 4.78 is 43.1. The van der Waals surface area contributed by atoms with Gasteiger partial charge in [0.15, 0.2) is 0 Å². The van der Waals surface area contributed by atoms with Gasteiger partial charge in [0, 0.05) is 44.4 Å². The zero-order chi connectivity index (χ0) is 19.6. The molecule has 1 amide bonds. The van der Waals surface area contributed by atoms with Crippen molar-refractivity contribution < 1.29 is 22.5 Å². The summed E-state index contributed by atoms with van der Waals surface area (Å²) in [7, 11) is 0. The van der Waals surface area contributed by atoms with Crippen molar-refractivity contribution in [2.24, 2.45) is 0 Å². The van der Waals surface area contributed by atoms with Gasteiger partial charge in [0.05, 0.1) is 11.3 Å². The lowest BCUT2D eigenvalue weighted by molar-refractivity contribution is -0.137. The van der Waals surface area contributed by atoms with E-state index in [-0.39, 0.29) is 17.6 Å². The van der Waals surface area contributed by atoms with E-state index in [4.69, 9.17) is 4.52 Å². The van der Waals surface area contributed by atoms with Crippen molar-refractivity contribution in [3.05, 3.63) is 41.4 Å². The van der Waals surface area contributed by atoms with Gasteiger partial charge in [-0.1, -0.05) is 19.0 Å². The molecule has 0 saturated carbocycles. The van der Waals surface area contributed by atoms with Gasteiger partial charge < -0.3 is 14.3 Å². The number of nitrogens with zero attached hydrogens (tertiary/aromatic N) is 4. The molecular weight excluding hydrogens is 361 g/mol. The predicted octanol–water partition coefficient (Wildman–Crippen LogP) is 3.56. The Bertz CT molecular complexity index is 781. The SMILES string of the molecule is CCC(C)c1cc(C(=O)N2CCN(c3ccc(C(F)(F)F)cn3)CC2)on1. The van der Waals surface area contributed by atoms with E-state index in [2.05, 4.69) is 10.1 Å². The van der Waals surface area contributed by atoms with Crippen LogP contribution < -0.4 is 4.90 Å². The molecule has 0 N–H and O–H groups in total. The molecule has 3 heterocycles. The second kappa shape index (κ2) is 7.58. The Kier molecular flexibility index (Phi) is 5.38. The molecule has 9 heteroatoms. The van der Waals surface area contributed by atoms with E-state index < -0.39 is 11.7 Å². The lowest BCUT2D eigenvalue weighted by Crippen LogP contribution is -2.49. The van der Waals surface area contributed by atoms with Gasteiger partial charge in [-0.25, -0.2) is 4.98 Å². The van der Waals surface area contributed by atoms with Crippen molar-refractivity contribution in [1.82, 2.24) is 15.0 Å². The van der Waals surface area contributed by atoms with Crippen LogP contribution >= 0.6 is 0 Å². The highest BCUT2D eigenvalue weighted by Gasteiger charge is 2.31. The van der Waals surface area contributed by atoms with Crippen molar-refractivity contribution in [3.63, 3.8) is 0 Å². The Morgan fingerprint density at radius 2 is 1.96 bits per heavy atom. The van der Waals surface area contributed by atoms with Gasteiger partial charge in [0.25, 0.3) is 5.91 Å². The third-order valence-corrected chi connectivity index (χ3v) is 4.82. The van der Waals surface area contributed by atoms with E-state index in [1.54, 1.807) is 11.0 Å². The summed E-state index contributed by atoms with van der Waals surface area (Å²) in [5.41, 5.74) is -0.0177. The van der Waals surface area contributed by atoms with Crippen molar-refractivity contribution in [2.45, 2.75) is 32.4 Å². The van der Waals surface area contributed by atoms with Gasteiger partial charge in [0.1, 0.15) is 5.82 Å². The van der Waals surface area contributed by atoms with Gasteiger partial charge in [0.2, 0.25) is 5.76 Å². The van der Waals surface area contributed by atoms with E-state index in [0.717, 1.165) is 24.4 Å². The molecular formula is C18H21F3N4O2. The number of anilines is 1. The summed E-state index contributed by atoms with van der Waals surface area (Å²) in [4.78, 5) is 20.0. The molecule has 2 aromatic rings. The fraction of sp³-hybridized carbons (Fsp3) is 0.500. The lowest BCUT2D eigenvalue weighted by atomic mass is 10.1. The first-order valence-electron chi connectivity index (χ1n) is 8.83. The summed E-state index contributed by atoms with van der Waals surface area (Å²) in [6, 6.07) is 4.06. The first kappa shape index (κ1) is 19.2. The first-order chi connectivity index (χ1) is 12.8. The van der Waals surface area contributed by atoms with Crippen LogP contribution in [-0.2, 0) is 6.18 Å². The molecule has 1 unspecified atom stereocenters. The molecule has 1 aliphatic rings. The van der Waals surface area contributed by atoms with Crippen LogP contribution in [0, 0.1) is 0 Å². The zero-order valence-electron chi connectivity index (χ0n) is 15.2. The van der Waals surface area contributed by atoms with Crippen LogP contribution in [0.2, 0.25) is 0 Å². The Morgan fingerprint density at radius 3 is 2.52 bits per heavy atom. The average molecular weight is 382 g/mol. The Hall–Kier alpha value is -2.58. The highest BCUT2D eigenvalue weighted by molar-refractivity contribution is 5.91. The maximum atomic E-state index is 12.6. The summed E-state index contributed by atoms with van der Waals surface area (Å²) in [6.07, 6.45) is -2.67. The molecule has 1 atom stereocenters. The minimum atomic E-state index is -4.40. The second-order valence-corrected chi connectivity index (χ2v) is 6.61. The molecule has 3 rings (SSSR count). The number of carbonyl (C=O) groups is 1. The largest absolute Gasteiger partial charge is 0.417 e. The van der Waals surface area contributed by atoms with Crippen LogP contribution in [0.3, 0.4) is 0 Å². The summed E-state index contributed by atoms with van der Waals surface area (Å²) in [5, 5.41) is 3.96. The highest BCUT2D eigenvalue weighted by Crippen LogP contribution is 2.29. The van der Waals surface area contributed by atoms with E-state index in [1.807, 2.05) is 18.7 Å². The molecule has 0 aromatic carbocycles. The van der Waals surface area contributed by atoms with E-state index in [9.17, 15) is 18.0 Å². The molecule has 1 fully saturated rings. The molecule has 0 aliphatic carbocycles. The standard InChI is InChI=1S/C18H21F3N4O2/c1-3-12(2)14-10-15(27-23-14)17(26)25-8-6-24(7-9-25)16-5-4-13(11-22-16)18(19,20)21/h4-5,10-12H,3,6-9H2,1-2H3. The molecule has 146 valence electrons. The van der Waals surface area contributed by atoms with E-state index in [1.165, 1.54) is 6.07 Å². The number of amides is 1. The molecule has 27 heavy (non-hydrogen) atoms. The quantitative estimate of drug-likeness (QED) is 0.809. The molecule has 0 radical (unpaired) electrons. The average Bonchev–Trinajstić information content (AvgIpc) is 3.16. The fourth-order valence-corrected chi connectivity index (χ4v) is 2.87. The van der Waals surface area contributed by atoms with Gasteiger partial charge in [-0.15, -0.1) is 0 Å². The molecule has 0 spiro atoms.